The minimum absolute atomic E-state index is 0.0429. The van der Waals surface area contributed by atoms with Gasteiger partial charge < -0.3 is 5.32 Å². The van der Waals surface area contributed by atoms with Gasteiger partial charge in [-0.2, -0.15) is 0 Å². The highest BCUT2D eigenvalue weighted by atomic mass is 16.1. The van der Waals surface area contributed by atoms with Crippen molar-refractivity contribution in [2.24, 2.45) is 0 Å². The molecule has 0 saturated carbocycles. The molecule has 0 spiro atoms. The maximum absolute atomic E-state index is 13.5. The highest BCUT2D eigenvalue weighted by Crippen LogP contribution is 2.37. The average Bonchev–Trinajstić information content (AvgIpc) is 2.93. The fourth-order valence-electron chi connectivity index (χ4n) is 6.15. The van der Waals surface area contributed by atoms with Crippen LogP contribution in [0.4, 0.5) is 0 Å². The molecule has 0 radical (unpaired) electrons. The van der Waals surface area contributed by atoms with Crippen LogP contribution in [0.5, 0.6) is 0 Å². The van der Waals surface area contributed by atoms with Gasteiger partial charge in [0, 0.05) is 12.1 Å². The van der Waals surface area contributed by atoms with Gasteiger partial charge in [-0.15, -0.1) is 0 Å². The highest BCUT2D eigenvalue weighted by Gasteiger charge is 2.16. The number of amides is 1. The Kier molecular flexibility index (Phi) is 3.90. The van der Waals surface area contributed by atoms with Crippen molar-refractivity contribution < 1.29 is 4.79 Å². The van der Waals surface area contributed by atoms with E-state index in [1.165, 1.54) is 53.9 Å². The van der Waals surface area contributed by atoms with Crippen LogP contribution in [0, 0.1) is 0 Å². The van der Waals surface area contributed by atoms with Crippen LogP contribution in [0.2, 0.25) is 0 Å². The Labute approximate surface area is 207 Å². The van der Waals surface area contributed by atoms with E-state index >= 15 is 0 Å². The first kappa shape index (κ1) is 19.6. The van der Waals surface area contributed by atoms with Crippen molar-refractivity contribution in [1.29, 1.82) is 0 Å². The topological polar surface area (TPSA) is 29.1 Å². The van der Waals surface area contributed by atoms with Crippen molar-refractivity contribution in [2.45, 2.75) is 6.54 Å². The second-order valence-corrected chi connectivity index (χ2v) is 9.73. The molecule has 0 bridgehead atoms. The van der Waals surface area contributed by atoms with Gasteiger partial charge in [0.25, 0.3) is 5.91 Å². The Morgan fingerprint density at radius 3 is 1.53 bits per heavy atom. The third-order valence-corrected chi connectivity index (χ3v) is 7.83. The first-order valence-electron chi connectivity index (χ1n) is 12.4. The molecular weight excluding hydrogens is 438 g/mol. The van der Waals surface area contributed by atoms with Crippen LogP contribution < -0.4 is 5.32 Å². The Morgan fingerprint density at radius 2 is 0.917 bits per heavy atom. The van der Waals surface area contributed by atoms with Crippen LogP contribution in [-0.2, 0) is 6.54 Å². The summed E-state index contributed by atoms with van der Waals surface area (Å²) in [4.78, 5) is 13.5. The van der Waals surface area contributed by atoms with Crippen LogP contribution >= 0.6 is 0 Å². The lowest BCUT2D eigenvalue weighted by Gasteiger charge is -2.16. The van der Waals surface area contributed by atoms with Gasteiger partial charge in [0.1, 0.15) is 0 Å². The molecule has 2 heteroatoms. The Morgan fingerprint density at radius 1 is 0.472 bits per heavy atom. The van der Waals surface area contributed by atoms with Gasteiger partial charge in [0.15, 0.2) is 0 Å². The summed E-state index contributed by atoms with van der Waals surface area (Å²) in [5, 5.41) is 17.7. The molecule has 0 aromatic heterocycles. The van der Waals surface area contributed by atoms with E-state index in [1.807, 2.05) is 6.07 Å². The van der Waals surface area contributed by atoms with E-state index in [4.69, 9.17) is 0 Å². The van der Waals surface area contributed by atoms with Crippen molar-refractivity contribution >= 4 is 70.5 Å². The molecule has 8 rings (SSSR count). The number of carbonyl (C=O) groups excluding carboxylic acids is 1. The zero-order chi connectivity index (χ0) is 23.8. The summed E-state index contributed by atoms with van der Waals surface area (Å²) in [6, 6.07) is 38.5. The molecule has 8 aromatic rings. The molecule has 0 fully saturated rings. The molecule has 0 unspecified atom stereocenters. The summed E-state index contributed by atoms with van der Waals surface area (Å²) < 4.78 is 0. The van der Waals surface area contributed by atoms with E-state index in [0.717, 1.165) is 21.9 Å². The predicted molar refractivity (Wildman–Crippen MR) is 151 cm³/mol. The van der Waals surface area contributed by atoms with Crippen LogP contribution in [0.15, 0.2) is 109 Å². The molecule has 2 nitrogen and oxygen atoms in total. The minimum atomic E-state index is -0.0429. The number of nitrogens with one attached hydrogen (secondary N) is 1. The number of hydrogen-bond donors (Lipinski definition) is 1. The molecule has 0 aliphatic rings. The molecule has 8 aromatic carbocycles. The van der Waals surface area contributed by atoms with Crippen molar-refractivity contribution in [3.05, 3.63) is 120 Å². The molecule has 0 heterocycles. The molecule has 36 heavy (non-hydrogen) atoms. The summed E-state index contributed by atoms with van der Waals surface area (Å²) >= 11 is 0. The summed E-state index contributed by atoms with van der Waals surface area (Å²) in [6.07, 6.45) is 0. The van der Waals surface area contributed by atoms with Gasteiger partial charge in [-0.3, -0.25) is 4.79 Å². The van der Waals surface area contributed by atoms with Crippen LogP contribution in [-0.4, -0.2) is 5.91 Å². The molecule has 1 amide bonds. The minimum Gasteiger partial charge on any atom is -0.348 e. The lowest BCUT2D eigenvalue weighted by atomic mass is 9.91. The molecular formula is C34H21NO. The summed E-state index contributed by atoms with van der Waals surface area (Å²) in [5.74, 6) is -0.0429. The van der Waals surface area contributed by atoms with E-state index in [1.54, 1.807) is 0 Å². The van der Waals surface area contributed by atoms with Crippen molar-refractivity contribution in [3.63, 3.8) is 0 Å². The highest BCUT2D eigenvalue weighted by molar-refractivity contribution is 6.26. The Balaban J connectivity index is 1.22. The van der Waals surface area contributed by atoms with E-state index in [2.05, 4.69) is 108 Å². The number of carbonyl (C=O) groups is 1. The smallest absolute Gasteiger partial charge is 0.252 e. The van der Waals surface area contributed by atoms with Gasteiger partial charge in [-0.25, -0.2) is 0 Å². The van der Waals surface area contributed by atoms with Gasteiger partial charge in [0.05, 0.1) is 0 Å². The fourth-order valence-corrected chi connectivity index (χ4v) is 6.15. The van der Waals surface area contributed by atoms with Crippen LogP contribution in [0.3, 0.4) is 0 Å². The zero-order valence-electron chi connectivity index (χ0n) is 19.5. The maximum Gasteiger partial charge on any atom is 0.252 e. The summed E-state index contributed by atoms with van der Waals surface area (Å²) in [5.41, 5.74) is 1.85. The summed E-state index contributed by atoms with van der Waals surface area (Å²) in [7, 11) is 0. The predicted octanol–water partition coefficient (Wildman–Crippen LogP) is 8.41. The lowest BCUT2D eigenvalue weighted by Crippen LogP contribution is -2.23. The average molecular weight is 460 g/mol. The number of rotatable bonds is 3. The van der Waals surface area contributed by atoms with Gasteiger partial charge >= 0.3 is 0 Å². The molecule has 0 aliphatic carbocycles. The van der Waals surface area contributed by atoms with E-state index in [-0.39, 0.29) is 5.91 Å². The molecule has 0 atom stereocenters. The monoisotopic (exact) mass is 459 g/mol. The van der Waals surface area contributed by atoms with E-state index in [9.17, 15) is 4.79 Å². The Hall–Kier alpha value is -4.69. The van der Waals surface area contributed by atoms with E-state index < -0.39 is 0 Å². The number of hydrogen-bond acceptors (Lipinski definition) is 1. The van der Waals surface area contributed by atoms with Gasteiger partial charge in [-0.1, -0.05) is 103 Å². The van der Waals surface area contributed by atoms with Crippen LogP contribution in [0.25, 0.3) is 64.6 Å². The molecule has 168 valence electrons. The van der Waals surface area contributed by atoms with Crippen molar-refractivity contribution in [2.75, 3.05) is 0 Å². The maximum atomic E-state index is 13.5. The van der Waals surface area contributed by atoms with Crippen molar-refractivity contribution in [3.8, 4) is 0 Å². The number of benzene rings is 8. The quantitative estimate of drug-likeness (QED) is 0.264. The normalized spacial score (nSPS) is 12.1. The summed E-state index contributed by atoms with van der Waals surface area (Å²) in [6.45, 7) is 0.481. The first-order chi connectivity index (χ1) is 17.8. The standard InChI is InChI=1S/C34H21NO/c36-34(29-18-15-25-10-8-21-4-2-6-23-14-17-28(29)33(25)31(21)23)35-19-26-12-11-24-9-7-20-3-1-5-22-13-16-27(26)32(24)30(20)22/h1-18H,19H2,(H,35,36). The third kappa shape index (κ3) is 2.64. The molecule has 0 saturated heterocycles. The second kappa shape index (κ2) is 7.16. The van der Waals surface area contributed by atoms with E-state index in [0.29, 0.717) is 6.54 Å². The lowest BCUT2D eigenvalue weighted by molar-refractivity contribution is 0.0953. The largest absolute Gasteiger partial charge is 0.348 e. The second-order valence-electron chi connectivity index (χ2n) is 9.73. The SMILES string of the molecule is O=C(NCc1ccc2ccc3cccc4ccc1c2c34)c1ccc2ccc3cccc4ccc1c2c34. The molecule has 1 N–H and O–H groups in total. The van der Waals surface area contributed by atoms with Crippen LogP contribution in [0.1, 0.15) is 15.9 Å². The molecule has 0 aliphatic heterocycles. The zero-order valence-corrected chi connectivity index (χ0v) is 19.5. The van der Waals surface area contributed by atoms with Gasteiger partial charge in [-0.05, 0) is 76.3 Å². The Bertz CT molecular complexity index is 2090. The van der Waals surface area contributed by atoms with Crippen molar-refractivity contribution in [1.82, 2.24) is 5.32 Å². The third-order valence-electron chi connectivity index (χ3n) is 7.83. The fraction of sp³-hybridized carbons (Fsp3) is 0.0294. The first-order valence-corrected chi connectivity index (χ1v) is 12.4. The van der Waals surface area contributed by atoms with Gasteiger partial charge in [0.2, 0.25) is 0 Å².